The minimum absolute atomic E-state index is 0.00123. The molecule has 1 amide bonds. The molecule has 1 aliphatic rings. The summed E-state index contributed by atoms with van der Waals surface area (Å²) in [5.74, 6) is -0.614. The number of allylic oxidation sites excluding steroid dienone is 2. The Labute approximate surface area is 191 Å². The molecule has 164 valence electrons. The minimum Gasteiger partial charge on any atom is -0.508 e. The van der Waals surface area contributed by atoms with Gasteiger partial charge in [0.15, 0.2) is 0 Å². The van der Waals surface area contributed by atoms with Crippen molar-refractivity contribution < 1.29 is 9.90 Å². The number of hydrogen-bond acceptors (Lipinski definition) is 6. The molecule has 0 saturated heterocycles. The molecule has 1 atom stereocenters. The Bertz CT molecular complexity index is 1140. The van der Waals surface area contributed by atoms with E-state index in [-0.39, 0.29) is 29.3 Å². The maximum Gasteiger partial charge on any atom is 0.267 e. The number of benzene rings is 2. The fourth-order valence-electron chi connectivity index (χ4n) is 3.27. The number of carbonyl (C=O) groups excluding carboxylic acids is 1. The lowest BCUT2D eigenvalue weighted by Gasteiger charge is -2.21. The van der Waals surface area contributed by atoms with Crippen LogP contribution in [0.15, 0.2) is 76.9 Å². The van der Waals surface area contributed by atoms with Crippen LogP contribution in [0.4, 0.5) is 0 Å². The number of rotatable bonds is 8. The zero-order chi connectivity index (χ0) is 23.1. The van der Waals surface area contributed by atoms with Crippen LogP contribution in [0.1, 0.15) is 30.0 Å². The largest absolute Gasteiger partial charge is 0.508 e. The molecule has 0 spiro atoms. The number of nitrogens with zero attached hydrogens (tertiary/aromatic N) is 1. The third-order valence-corrected chi connectivity index (χ3v) is 5.28. The molecular formula is C24H24ClN5O2. The highest BCUT2D eigenvalue weighted by Crippen LogP contribution is 2.27. The van der Waals surface area contributed by atoms with E-state index in [4.69, 9.17) is 28.2 Å². The Balaban J connectivity index is 1.81. The van der Waals surface area contributed by atoms with E-state index in [0.29, 0.717) is 28.3 Å². The number of phenols is 1. The monoisotopic (exact) mass is 449 g/mol. The summed E-state index contributed by atoms with van der Waals surface area (Å²) < 4.78 is 0. The number of aliphatic imine (C=N–C) groups is 1. The first-order valence-electron chi connectivity index (χ1n) is 10.0. The van der Waals surface area contributed by atoms with Crippen LogP contribution in [0.5, 0.6) is 5.75 Å². The topological polar surface area (TPSA) is 135 Å². The summed E-state index contributed by atoms with van der Waals surface area (Å²) in [5, 5.41) is 30.1. The average molecular weight is 450 g/mol. The number of dihydropyridines is 1. The maximum absolute atomic E-state index is 12.8. The molecule has 0 saturated carbocycles. The van der Waals surface area contributed by atoms with E-state index in [1.807, 2.05) is 6.08 Å². The first-order chi connectivity index (χ1) is 15.4. The summed E-state index contributed by atoms with van der Waals surface area (Å²) in [6.45, 7) is 0.690. The maximum atomic E-state index is 12.8. The van der Waals surface area contributed by atoms with Crippen LogP contribution in [-0.4, -0.2) is 35.2 Å². The molecule has 1 heterocycles. The van der Waals surface area contributed by atoms with E-state index in [9.17, 15) is 9.90 Å². The number of hydrogen-bond donors (Lipinski definition) is 5. The molecule has 0 aliphatic carbocycles. The Morgan fingerprint density at radius 2 is 1.94 bits per heavy atom. The summed E-state index contributed by atoms with van der Waals surface area (Å²) in [6, 6.07) is 12.7. The standard InChI is InChI=1S/C24H24ClN5O2/c25-18-9-3-1-7-16(18)20(27)12-21(28)24(32)30-22(17-8-2-4-10-23(17)31)13-19(26)15-6-5-11-29-14-15/h1-4,6-10,12,14,22,26-27,31H,5,11,13,28H2,(H,30,32)/b21-12-,26-19?,27-20?. The summed E-state index contributed by atoms with van der Waals surface area (Å²) in [6.07, 6.45) is 5.70. The molecule has 1 unspecified atom stereocenters. The second kappa shape index (κ2) is 10.5. The van der Waals surface area contributed by atoms with Crippen LogP contribution in [-0.2, 0) is 4.79 Å². The number of amides is 1. The molecule has 0 fully saturated rings. The van der Waals surface area contributed by atoms with Crippen LogP contribution < -0.4 is 11.1 Å². The normalized spacial score (nSPS) is 14.4. The first kappa shape index (κ1) is 23.0. The van der Waals surface area contributed by atoms with Gasteiger partial charge in [-0.3, -0.25) is 9.79 Å². The highest BCUT2D eigenvalue weighted by molar-refractivity contribution is 6.35. The van der Waals surface area contributed by atoms with Gasteiger partial charge < -0.3 is 27.0 Å². The van der Waals surface area contributed by atoms with Gasteiger partial charge in [0.2, 0.25) is 0 Å². The van der Waals surface area contributed by atoms with Gasteiger partial charge in [0.25, 0.3) is 5.91 Å². The van der Waals surface area contributed by atoms with E-state index in [0.717, 1.165) is 6.42 Å². The Hall–Kier alpha value is -3.71. The molecule has 0 radical (unpaired) electrons. The van der Waals surface area contributed by atoms with Gasteiger partial charge in [-0.1, -0.05) is 54.1 Å². The number of para-hydroxylation sites is 1. The smallest absolute Gasteiger partial charge is 0.267 e. The van der Waals surface area contributed by atoms with Gasteiger partial charge in [0.05, 0.1) is 17.5 Å². The minimum atomic E-state index is -0.700. The Morgan fingerprint density at radius 1 is 1.22 bits per heavy atom. The second-order valence-electron chi connectivity index (χ2n) is 7.24. The third kappa shape index (κ3) is 5.70. The molecular weight excluding hydrogens is 426 g/mol. The van der Waals surface area contributed by atoms with Crippen molar-refractivity contribution in [2.24, 2.45) is 10.7 Å². The van der Waals surface area contributed by atoms with E-state index in [2.05, 4.69) is 10.3 Å². The molecule has 8 heteroatoms. The van der Waals surface area contributed by atoms with Crippen LogP contribution in [0.2, 0.25) is 5.02 Å². The fourth-order valence-corrected chi connectivity index (χ4v) is 3.51. The summed E-state index contributed by atoms with van der Waals surface area (Å²) >= 11 is 6.12. The van der Waals surface area contributed by atoms with Gasteiger partial charge in [-0.2, -0.15) is 0 Å². The zero-order valence-corrected chi connectivity index (χ0v) is 18.1. The van der Waals surface area contributed by atoms with Crippen LogP contribution in [0.3, 0.4) is 0 Å². The molecule has 0 bridgehead atoms. The number of nitrogens with two attached hydrogens (primary N) is 1. The highest BCUT2D eigenvalue weighted by Gasteiger charge is 2.22. The number of phenolic OH excluding ortho intramolecular Hbond substituents is 1. The Kier molecular flexibility index (Phi) is 7.57. The second-order valence-corrected chi connectivity index (χ2v) is 7.65. The van der Waals surface area contributed by atoms with Gasteiger partial charge >= 0.3 is 0 Å². The predicted octanol–water partition coefficient (Wildman–Crippen LogP) is 3.92. The van der Waals surface area contributed by atoms with E-state index in [1.54, 1.807) is 48.7 Å². The predicted molar refractivity (Wildman–Crippen MR) is 128 cm³/mol. The summed E-state index contributed by atoms with van der Waals surface area (Å²) in [4.78, 5) is 17.0. The SMILES string of the molecule is N=C(CC(NC(=O)/C(N)=C/C(=N)c1ccccc1Cl)c1ccccc1O)C1=CCCN=C1. The van der Waals surface area contributed by atoms with Crippen molar-refractivity contribution in [3.8, 4) is 5.75 Å². The van der Waals surface area contributed by atoms with Crippen molar-refractivity contribution in [3.63, 3.8) is 0 Å². The third-order valence-electron chi connectivity index (χ3n) is 4.95. The lowest BCUT2D eigenvalue weighted by molar-refractivity contribution is -0.118. The van der Waals surface area contributed by atoms with Crippen molar-refractivity contribution in [3.05, 3.63) is 88.1 Å². The van der Waals surface area contributed by atoms with Crippen molar-refractivity contribution in [2.45, 2.75) is 18.9 Å². The molecule has 3 rings (SSSR count). The number of nitrogens with one attached hydrogen (secondary N) is 3. The molecule has 2 aromatic rings. The Morgan fingerprint density at radius 3 is 2.62 bits per heavy atom. The summed E-state index contributed by atoms with van der Waals surface area (Å²) in [7, 11) is 0. The van der Waals surface area contributed by atoms with Crippen molar-refractivity contribution in [1.29, 1.82) is 10.8 Å². The number of halogens is 1. The molecule has 32 heavy (non-hydrogen) atoms. The quantitative estimate of drug-likeness (QED) is 0.308. The molecule has 0 aromatic heterocycles. The van der Waals surface area contributed by atoms with E-state index in [1.165, 1.54) is 12.1 Å². The first-order valence-corrected chi connectivity index (χ1v) is 10.4. The van der Waals surface area contributed by atoms with Crippen molar-refractivity contribution in [1.82, 2.24) is 5.32 Å². The molecule has 2 aromatic carbocycles. The average Bonchev–Trinajstić information content (AvgIpc) is 2.79. The summed E-state index contributed by atoms with van der Waals surface area (Å²) in [5.41, 5.74) is 7.67. The van der Waals surface area contributed by atoms with Crippen LogP contribution in [0, 0.1) is 10.8 Å². The zero-order valence-electron chi connectivity index (χ0n) is 17.3. The number of aromatic hydroxyl groups is 1. The lowest BCUT2D eigenvalue weighted by Crippen LogP contribution is -2.34. The van der Waals surface area contributed by atoms with Gasteiger partial charge in [0.1, 0.15) is 5.75 Å². The fraction of sp³-hybridized carbons (Fsp3) is 0.167. The van der Waals surface area contributed by atoms with E-state index < -0.39 is 11.9 Å². The van der Waals surface area contributed by atoms with Gasteiger partial charge in [-0.15, -0.1) is 0 Å². The molecule has 6 N–H and O–H groups in total. The van der Waals surface area contributed by atoms with Crippen molar-refractivity contribution in [2.75, 3.05) is 6.54 Å². The van der Waals surface area contributed by atoms with E-state index >= 15 is 0 Å². The molecule has 7 nitrogen and oxygen atoms in total. The van der Waals surface area contributed by atoms with Crippen LogP contribution >= 0.6 is 11.6 Å². The van der Waals surface area contributed by atoms with Gasteiger partial charge in [0, 0.05) is 46.6 Å². The van der Waals surface area contributed by atoms with Crippen molar-refractivity contribution >= 4 is 35.1 Å². The molecule has 1 aliphatic heterocycles. The number of carbonyl (C=O) groups is 1. The van der Waals surface area contributed by atoms with Gasteiger partial charge in [-0.05, 0) is 24.6 Å². The lowest BCUT2D eigenvalue weighted by atomic mass is 9.95. The van der Waals surface area contributed by atoms with Gasteiger partial charge in [-0.25, -0.2) is 0 Å². The highest BCUT2D eigenvalue weighted by atomic mass is 35.5. The van der Waals surface area contributed by atoms with Crippen LogP contribution in [0.25, 0.3) is 0 Å².